The number of oxazole rings is 1. The number of nitrogens with zero attached hydrogens (tertiary/aromatic N) is 2. The van der Waals surface area contributed by atoms with Gasteiger partial charge in [-0.1, -0.05) is 12.1 Å². The van der Waals surface area contributed by atoms with E-state index in [1.165, 1.54) is 18.3 Å². The minimum absolute atomic E-state index is 0.00385. The molecule has 0 amide bonds. The lowest BCUT2D eigenvalue weighted by atomic mass is 10.2. The molecule has 0 atom stereocenters. The molecule has 2 aromatic rings. The van der Waals surface area contributed by atoms with Gasteiger partial charge in [0.2, 0.25) is 15.9 Å². The van der Waals surface area contributed by atoms with Gasteiger partial charge in [0.15, 0.2) is 0 Å². The van der Waals surface area contributed by atoms with Gasteiger partial charge < -0.3 is 4.42 Å². The Kier molecular flexibility index (Phi) is 4.17. The number of aryl methyl sites for hydroxylation is 1. The third-order valence-electron chi connectivity index (χ3n) is 2.60. The number of hydrogen-bond acceptors (Lipinski definition) is 5. The largest absolute Gasteiger partial charge is 0.445 e. The van der Waals surface area contributed by atoms with Gasteiger partial charge in [0.1, 0.15) is 5.76 Å². The van der Waals surface area contributed by atoms with Gasteiger partial charge in [-0.2, -0.15) is 5.26 Å². The molecule has 0 radical (unpaired) electrons. The first-order chi connectivity index (χ1) is 9.51. The van der Waals surface area contributed by atoms with E-state index in [0.717, 1.165) is 5.56 Å². The van der Waals surface area contributed by atoms with E-state index in [1.54, 1.807) is 19.1 Å². The zero-order chi connectivity index (χ0) is 14.6. The number of nitriles is 1. The maximum Gasteiger partial charge on any atom is 0.241 e. The molecular weight excluding hydrogens is 278 g/mol. The molecule has 2 rings (SSSR count). The van der Waals surface area contributed by atoms with Crippen LogP contribution in [0.1, 0.15) is 17.2 Å². The predicted octanol–water partition coefficient (Wildman–Crippen LogP) is 1.53. The van der Waals surface area contributed by atoms with Crippen molar-refractivity contribution in [3.63, 3.8) is 0 Å². The fourth-order valence-electron chi connectivity index (χ4n) is 1.60. The van der Waals surface area contributed by atoms with E-state index in [4.69, 9.17) is 9.68 Å². The Morgan fingerprint density at radius 1 is 1.35 bits per heavy atom. The fraction of sp³-hybridized carbons (Fsp3) is 0.231. The number of sulfonamides is 1. The van der Waals surface area contributed by atoms with Gasteiger partial charge in [-0.15, -0.1) is 0 Å². The molecule has 0 saturated heterocycles. The maximum atomic E-state index is 12.0. The SMILES string of the molecule is Cc1cnc(CNS(=O)(=O)c2ccc(CC#N)cc2)o1. The molecule has 0 aliphatic heterocycles. The van der Waals surface area contributed by atoms with Crippen LogP contribution in [0.15, 0.2) is 39.8 Å². The first-order valence-electron chi connectivity index (χ1n) is 5.88. The first kappa shape index (κ1) is 14.2. The summed E-state index contributed by atoms with van der Waals surface area (Å²) in [7, 11) is -3.61. The molecule has 0 aliphatic rings. The summed E-state index contributed by atoms with van der Waals surface area (Å²) in [6.45, 7) is 1.73. The van der Waals surface area contributed by atoms with Crippen LogP contribution in [0, 0.1) is 18.3 Å². The average molecular weight is 291 g/mol. The minimum atomic E-state index is -3.61. The molecule has 104 valence electrons. The number of benzene rings is 1. The van der Waals surface area contributed by atoms with Crippen molar-refractivity contribution in [2.45, 2.75) is 24.8 Å². The number of hydrogen-bond donors (Lipinski definition) is 1. The molecule has 0 unspecified atom stereocenters. The van der Waals surface area contributed by atoms with Crippen molar-refractivity contribution >= 4 is 10.0 Å². The number of rotatable bonds is 5. The first-order valence-corrected chi connectivity index (χ1v) is 7.36. The zero-order valence-electron chi connectivity index (χ0n) is 10.8. The fourth-order valence-corrected chi connectivity index (χ4v) is 2.58. The van der Waals surface area contributed by atoms with Crippen molar-refractivity contribution in [2.24, 2.45) is 0 Å². The van der Waals surface area contributed by atoms with E-state index < -0.39 is 10.0 Å². The van der Waals surface area contributed by atoms with E-state index in [0.29, 0.717) is 11.7 Å². The van der Waals surface area contributed by atoms with Gasteiger partial charge in [-0.25, -0.2) is 18.1 Å². The third kappa shape index (κ3) is 3.44. The lowest BCUT2D eigenvalue weighted by Crippen LogP contribution is -2.23. The molecule has 0 bridgehead atoms. The lowest BCUT2D eigenvalue weighted by molar-refractivity contribution is 0.463. The van der Waals surface area contributed by atoms with Gasteiger partial charge in [-0.05, 0) is 24.6 Å². The van der Waals surface area contributed by atoms with Crippen molar-refractivity contribution in [3.8, 4) is 6.07 Å². The summed E-state index contributed by atoms with van der Waals surface area (Å²) in [5.74, 6) is 0.937. The quantitative estimate of drug-likeness (QED) is 0.901. The predicted molar refractivity (Wildman–Crippen MR) is 71.0 cm³/mol. The molecule has 0 fully saturated rings. The van der Waals surface area contributed by atoms with Crippen LogP contribution in [-0.4, -0.2) is 13.4 Å². The topological polar surface area (TPSA) is 96.0 Å². The van der Waals surface area contributed by atoms with Crippen molar-refractivity contribution < 1.29 is 12.8 Å². The van der Waals surface area contributed by atoms with Crippen LogP contribution in [0.2, 0.25) is 0 Å². The summed E-state index contributed by atoms with van der Waals surface area (Å²) in [5, 5.41) is 8.56. The highest BCUT2D eigenvalue weighted by Crippen LogP contribution is 2.11. The molecular formula is C13H13N3O3S. The van der Waals surface area contributed by atoms with Crippen LogP contribution >= 0.6 is 0 Å². The molecule has 0 spiro atoms. The average Bonchev–Trinajstić information content (AvgIpc) is 2.84. The summed E-state index contributed by atoms with van der Waals surface area (Å²) in [6, 6.07) is 8.18. The summed E-state index contributed by atoms with van der Waals surface area (Å²) in [4.78, 5) is 4.06. The Morgan fingerprint density at radius 2 is 2.05 bits per heavy atom. The van der Waals surface area contributed by atoms with Gasteiger partial charge in [0.25, 0.3) is 0 Å². The standard InChI is InChI=1S/C13H13N3O3S/c1-10-8-15-13(19-10)9-16-20(17,18)12-4-2-11(3-5-12)6-7-14/h2-5,8,16H,6,9H2,1H3. The molecule has 20 heavy (non-hydrogen) atoms. The summed E-state index contributed by atoms with van der Waals surface area (Å²) >= 11 is 0. The van der Waals surface area contributed by atoms with E-state index in [1.807, 2.05) is 6.07 Å². The second-order valence-electron chi connectivity index (χ2n) is 4.17. The van der Waals surface area contributed by atoms with E-state index in [-0.39, 0.29) is 17.9 Å². The molecule has 0 saturated carbocycles. The molecule has 1 aromatic heterocycles. The Bertz CT molecular complexity index is 727. The van der Waals surface area contributed by atoms with Gasteiger partial charge in [0, 0.05) is 0 Å². The summed E-state index contributed by atoms with van der Waals surface area (Å²) in [6.07, 6.45) is 1.78. The second-order valence-corrected chi connectivity index (χ2v) is 5.93. The van der Waals surface area contributed by atoms with Crippen LogP contribution in [0.3, 0.4) is 0 Å². The Labute approximate surface area is 117 Å². The second kappa shape index (κ2) is 5.86. The highest BCUT2D eigenvalue weighted by molar-refractivity contribution is 7.89. The monoisotopic (exact) mass is 291 g/mol. The van der Waals surface area contributed by atoms with E-state index in [9.17, 15) is 8.42 Å². The Balaban J connectivity index is 2.08. The molecule has 7 heteroatoms. The summed E-state index contributed by atoms with van der Waals surface area (Å²) in [5.41, 5.74) is 0.773. The van der Waals surface area contributed by atoms with Crippen LogP contribution in [0.5, 0.6) is 0 Å². The minimum Gasteiger partial charge on any atom is -0.445 e. The van der Waals surface area contributed by atoms with Crippen LogP contribution < -0.4 is 4.72 Å². The van der Waals surface area contributed by atoms with Crippen molar-refractivity contribution in [1.82, 2.24) is 9.71 Å². The molecule has 6 nitrogen and oxygen atoms in total. The number of nitrogens with one attached hydrogen (secondary N) is 1. The van der Waals surface area contributed by atoms with Gasteiger partial charge in [0.05, 0.1) is 30.1 Å². The van der Waals surface area contributed by atoms with Crippen LogP contribution in [-0.2, 0) is 23.0 Å². The molecule has 1 N–H and O–H groups in total. The van der Waals surface area contributed by atoms with Crippen LogP contribution in [0.25, 0.3) is 0 Å². The molecule has 0 aliphatic carbocycles. The van der Waals surface area contributed by atoms with E-state index in [2.05, 4.69) is 9.71 Å². The van der Waals surface area contributed by atoms with Crippen LogP contribution in [0.4, 0.5) is 0 Å². The van der Waals surface area contributed by atoms with Crippen molar-refractivity contribution in [1.29, 1.82) is 5.26 Å². The molecule has 1 aromatic carbocycles. The van der Waals surface area contributed by atoms with Crippen molar-refractivity contribution in [3.05, 3.63) is 47.7 Å². The molecule has 1 heterocycles. The smallest absolute Gasteiger partial charge is 0.241 e. The maximum absolute atomic E-state index is 12.0. The number of aromatic nitrogens is 1. The van der Waals surface area contributed by atoms with Gasteiger partial charge in [-0.3, -0.25) is 0 Å². The van der Waals surface area contributed by atoms with E-state index >= 15 is 0 Å². The Morgan fingerprint density at radius 3 is 2.60 bits per heavy atom. The summed E-state index contributed by atoms with van der Waals surface area (Å²) < 4.78 is 31.7. The highest BCUT2D eigenvalue weighted by atomic mass is 32.2. The normalized spacial score (nSPS) is 11.2. The van der Waals surface area contributed by atoms with Crippen molar-refractivity contribution in [2.75, 3.05) is 0 Å². The Hall–Kier alpha value is -2.17. The highest BCUT2D eigenvalue weighted by Gasteiger charge is 2.14. The lowest BCUT2D eigenvalue weighted by Gasteiger charge is -2.05. The zero-order valence-corrected chi connectivity index (χ0v) is 11.6. The van der Waals surface area contributed by atoms with Gasteiger partial charge >= 0.3 is 0 Å². The third-order valence-corrected chi connectivity index (χ3v) is 4.02.